The molecular formula is C18H19F3N2O3S. The number of amides is 1. The van der Waals surface area contributed by atoms with Crippen molar-refractivity contribution < 1.29 is 26.4 Å². The average Bonchev–Trinajstić information content (AvgIpc) is 2.64. The molecule has 9 heteroatoms. The van der Waals surface area contributed by atoms with Gasteiger partial charge in [0.05, 0.1) is 4.90 Å². The van der Waals surface area contributed by atoms with E-state index in [1.165, 1.54) is 24.3 Å². The lowest BCUT2D eigenvalue weighted by molar-refractivity contribution is -0.123. The van der Waals surface area contributed by atoms with Crippen molar-refractivity contribution in [2.45, 2.75) is 23.9 Å². The molecule has 0 heterocycles. The number of benzene rings is 2. The van der Waals surface area contributed by atoms with Gasteiger partial charge in [0, 0.05) is 12.1 Å². The predicted molar refractivity (Wildman–Crippen MR) is 94.9 cm³/mol. The van der Waals surface area contributed by atoms with Crippen molar-refractivity contribution in [1.29, 1.82) is 0 Å². The zero-order valence-corrected chi connectivity index (χ0v) is 15.3. The Morgan fingerprint density at radius 1 is 1.04 bits per heavy atom. The number of halogens is 3. The summed E-state index contributed by atoms with van der Waals surface area (Å²) in [5, 5.41) is 1.73. The summed E-state index contributed by atoms with van der Waals surface area (Å²) in [5.74, 6) is -0.977. The fourth-order valence-electron chi connectivity index (χ4n) is 2.29. The first-order chi connectivity index (χ1) is 12.6. The number of hydrogen-bond acceptors (Lipinski definition) is 3. The number of carbonyl (C=O) groups excluding carboxylic acids is 1. The van der Waals surface area contributed by atoms with Gasteiger partial charge in [-0.05, 0) is 35.7 Å². The molecule has 2 aromatic carbocycles. The van der Waals surface area contributed by atoms with Gasteiger partial charge in [0.25, 0.3) is 5.91 Å². The van der Waals surface area contributed by atoms with Crippen molar-refractivity contribution >= 4 is 15.9 Å². The molecule has 0 aromatic heterocycles. The van der Waals surface area contributed by atoms with E-state index in [1.54, 1.807) is 5.32 Å². The molecule has 0 radical (unpaired) electrons. The minimum absolute atomic E-state index is 0.0478. The van der Waals surface area contributed by atoms with Gasteiger partial charge in [-0.15, -0.1) is 0 Å². The number of hydrogen-bond donors (Lipinski definition) is 2. The zero-order chi connectivity index (χ0) is 20.1. The fraction of sp³-hybridized carbons (Fsp3) is 0.278. The molecule has 1 atom stereocenters. The lowest BCUT2D eigenvalue weighted by Crippen LogP contribution is -2.33. The van der Waals surface area contributed by atoms with Gasteiger partial charge in [0.2, 0.25) is 10.0 Å². The van der Waals surface area contributed by atoms with Crippen molar-refractivity contribution in [3.63, 3.8) is 0 Å². The van der Waals surface area contributed by atoms with Crippen LogP contribution in [-0.4, -0.2) is 33.6 Å². The first-order valence-corrected chi connectivity index (χ1v) is 9.56. The number of rotatable bonds is 7. The van der Waals surface area contributed by atoms with Crippen molar-refractivity contribution in [3.8, 4) is 0 Å². The van der Waals surface area contributed by atoms with E-state index in [4.69, 9.17) is 0 Å². The molecule has 0 aliphatic carbocycles. The summed E-state index contributed by atoms with van der Waals surface area (Å²) in [7, 11) is -3.80. The molecule has 2 aromatic rings. The summed E-state index contributed by atoms with van der Waals surface area (Å²) in [6.07, 6.45) is -4.52. The first-order valence-electron chi connectivity index (χ1n) is 8.08. The largest absolute Gasteiger partial charge is 0.405 e. The molecular weight excluding hydrogens is 381 g/mol. The highest BCUT2D eigenvalue weighted by Crippen LogP contribution is 2.16. The highest BCUT2D eigenvalue weighted by atomic mass is 32.2. The Labute approximate surface area is 155 Å². The molecule has 1 amide bonds. The van der Waals surface area contributed by atoms with Gasteiger partial charge < -0.3 is 5.32 Å². The smallest absolute Gasteiger partial charge is 0.343 e. The van der Waals surface area contributed by atoms with Gasteiger partial charge in [0.15, 0.2) is 0 Å². The number of alkyl halides is 3. The Hall–Kier alpha value is -2.39. The Balaban J connectivity index is 1.99. The molecule has 0 saturated carbocycles. The second-order valence-electron chi connectivity index (χ2n) is 5.99. The second kappa shape index (κ2) is 8.53. The van der Waals surface area contributed by atoms with Crippen LogP contribution < -0.4 is 10.0 Å². The molecule has 27 heavy (non-hydrogen) atoms. The lowest BCUT2D eigenvalue weighted by atomic mass is 10.0. The maximum Gasteiger partial charge on any atom is 0.405 e. The lowest BCUT2D eigenvalue weighted by Gasteiger charge is -2.13. The van der Waals surface area contributed by atoms with Gasteiger partial charge in [-0.3, -0.25) is 4.79 Å². The normalized spacial score (nSPS) is 13.2. The molecule has 5 nitrogen and oxygen atoms in total. The van der Waals surface area contributed by atoms with Crippen LogP contribution in [-0.2, 0) is 10.0 Å². The molecule has 0 aliphatic heterocycles. The Morgan fingerprint density at radius 2 is 1.63 bits per heavy atom. The Morgan fingerprint density at radius 3 is 2.19 bits per heavy atom. The van der Waals surface area contributed by atoms with E-state index in [1.807, 2.05) is 37.3 Å². The maximum atomic E-state index is 12.3. The van der Waals surface area contributed by atoms with E-state index in [2.05, 4.69) is 4.72 Å². The van der Waals surface area contributed by atoms with Crippen molar-refractivity contribution in [2.24, 2.45) is 0 Å². The van der Waals surface area contributed by atoms with E-state index in [0.29, 0.717) is 0 Å². The SMILES string of the molecule is CC(CNS(=O)(=O)c1ccc(C(=O)NCC(F)(F)F)cc1)c1ccccc1. The minimum atomic E-state index is -4.52. The van der Waals surface area contributed by atoms with Crippen LogP contribution in [0.3, 0.4) is 0 Å². The summed E-state index contributed by atoms with van der Waals surface area (Å²) in [6, 6.07) is 14.1. The van der Waals surface area contributed by atoms with Crippen LogP contribution in [0.25, 0.3) is 0 Å². The highest BCUT2D eigenvalue weighted by Gasteiger charge is 2.28. The van der Waals surface area contributed by atoms with E-state index in [9.17, 15) is 26.4 Å². The quantitative estimate of drug-likeness (QED) is 0.750. The van der Waals surface area contributed by atoms with E-state index < -0.39 is 28.7 Å². The van der Waals surface area contributed by atoms with Gasteiger partial charge >= 0.3 is 6.18 Å². The van der Waals surface area contributed by atoms with E-state index >= 15 is 0 Å². The third-order valence-electron chi connectivity index (χ3n) is 3.82. The first kappa shape index (κ1) is 20.9. The third kappa shape index (κ3) is 6.37. The van der Waals surface area contributed by atoms with Crippen LogP contribution in [0.4, 0.5) is 13.2 Å². The van der Waals surface area contributed by atoms with E-state index in [-0.39, 0.29) is 22.9 Å². The van der Waals surface area contributed by atoms with E-state index in [0.717, 1.165) is 5.56 Å². The van der Waals surface area contributed by atoms with Gasteiger partial charge in [-0.2, -0.15) is 13.2 Å². The van der Waals surface area contributed by atoms with Crippen molar-refractivity contribution in [1.82, 2.24) is 10.0 Å². The monoisotopic (exact) mass is 400 g/mol. The van der Waals surface area contributed by atoms with Crippen LogP contribution in [0.2, 0.25) is 0 Å². The Bertz CT molecular complexity index is 867. The van der Waals surface area contributed by atoms with Crippen LogP contribution in [0.15, 0.2) is 59.5 Å². The van der Waals surface area contributed by atoms with Crippen LogP contribution in [0.5, 0.6) is 0 Å². The molecule has 0 bridgehead atoms. The fourth-order valence-corrected chi connectivity index (χ4v) is 3.42. The molecule has 2 N–H and O–H groups in total. The number of carbonyl (C=O) groups is 1. The summed E-state index contributed by atoms with van der Waals surface area (Å²) in [4.78, 5) is 11.6. The molecule has 0 saturated heterocycles. The van der Waals surface area contributed by atoms with Crippen LogP contribution in [0.1, 0.15) is 28.8 Å². The summed E-state index contributed by atoms with van der Waals surface area (Å²) >= 11 is 0. The summed E-state index contributed by atoms with van der Waals surface area (Å²) < 4.78 is 63.5. The van der Waals surface area contributed by atoms with Gasteiger partial charge in [-0.25, -0.2) is 13.1 Å². The van der Waals surface area contributed by atoms with Gasteiger partial charge in [0.1, 0.15) is 6.54 Å². The van der Waals surface area contributed by atoms with Crippen LogP contribution in [0, 0.1) is 0 Å². The zero-order valence-electron chi connectivity index (χ0n) is 14.5. The average molecular weight is 400 g/mol. The standard InChI is InChI=1S/C18H19F3N2O3S/c1-13(14-5-3-2-4-6-14)11-23-27(25,26)16-9-7-15(8-10-16)17(24)22-12-18(19,20)21/h2-10,13,23H,11-12H2,1H3,(H,22,24). The van der Waals surface area contributed by atoms with Gasteiger partial charge in [-0.1, -0.05) is 37.3 Å². The molecule has 146 valence electrons. The minimum Gasteiger partial charge on any atom is -0.343 e. The third-order valence-corrected chi connectivity index (χ3v) is 5.26. The summed E-state index contributed by atoms with van der Waals surface area (Å²) in [6.45, 7) is 0.608. The highest BCUT2D eigenvalue weighted by molar-refractivity contribution is 7.89. The molecule has 0 fully saturated rings. The number of nitrogens with one attached hydrogen (secondary N) is 2. The molecule has 0 aliphatic rings. The second-order valence-corrected chi connectivity index (χ2v) is 7.75. The maximum absolute atomic E-state index is 12.3. The predicted octanol–water partition coefficient (Wildman–Crippen LogP) is 3.06. The molecule has 1 unspecified atom stereocenters. The topological polar surface area (TPSA) is 75.3 Å². The number of sulfonamides is 1. The Kier molecular flexibility index (Phi) is 6.61. The molecule has 0 spiro atoms. The van der Waals surface area contributed by atoms with Crippen LogP contribution >= 0.6 is 0 Å². The summed E-state index contributed by atoms with van der Waals surface area (Å²) in [5.41, 5.74) is 0.924. The van der Waals surface area contributed by atoms with Crippen molar-refractivity contribution in [3.05, 3.63) is 65.7 Å². The van der Waals surface area contributed by atoms with Crippen molar-refractivity contribution in [2.75, 3.05) is 13.1 Å². The molecule has 2 rings (SSSR count).